The SMILES string of the molecule is CC(C)(C)NCc1cccc(F)c1Sc1ccccc1Cl. The number of rotatable bonds is 4. The monoisotopic (exact) mass is 323 g/mol. The van der Waals surface area contributed by atoms with Crippen LogP contribution in [0.1, 0.15) is 26.3 Å². The Morgan fingerprint density at radius 2 is 1.81 bits per heavy atom. The summed E-state index contributed by atoms with van der Waals surface area (Å²) < 4.78 is 14.2. The number of nitrogens with one attached hydrogen (secondary N) is 1. The summed E-state index contributed by atoms with van der Waals surface area (Å²) in [4.78, 5) is 1.49. The van der Waals surface area contributed by atoms with Crippen molar-refractivity contribution in [2.45, 2.75) is 42.6 Å². The van der Waals surface area contributed by atoms with E-state index in [1.54, 1.807) is 6.07 Å². The van der Waals surface area contributed by atoms with Crippen molar-refractivity contribution in [2.75, 3.05) is 0 Å². The van der Waals surface area contributed by atoms with Crippen LogP contribution in [0.15, 0.2) is 52.3 Å². The van der Waals surface area contributed by atoms with Gasteiger partial charge in [0.1, 0.15) is 5.82 Å². The molecule has 4 heteroatoms. The summed E-state index contributed by atoms with van der Waals surface area (Å²) in [6.45, 7) is 6.89. The van der Waals surface area contributed by atoms with E-state index in [0.29, 0.717) is 16.5 Å². The highest BCUT2D eigenvalue weighted by Crippen LogP contribution is 2.36. The Balaban J connectivity index is 2.28. The molecular formula is C17H19ClFNS. The molecule has 0 radical (unpaired) electrons. The van der Waals surface area contributed by atoms with E-state index in [9.17, 15) is 4.39 Å². The third kappa shape index (κ3) is 4.73. The highest BCUT2D eigenvalue weighted by Gasteiger charge is 2.14. The van der Waals surface area contributed by atoms with Gasteiger partial charge in [-0.1, -0.05) is 47.6 Å². The van der Waals surface area contributed by atoms with Gasteiger partial charge in [0.15, 0.2) is 0 Å². The maximum atomic E-state index is 14.2. The predicted octanol–water partition coefficient (Wildman–Crippen LogP) is 5.52. The molecule has 0 fully saturated rings. The molecule has 2 rings (SSSR count). The summed E-state index contributed by atoms with van der Waals surface area (Å²) in [6.07, 6.45) is 0. The largest absolute Gasteiger partial charge is 0.308 e. The van der Waals surface area contributed by atoms with Gasteiger partial charge in [-0.15, -0.1) is 0 Å². The number of halogens is 2. The number of benzene rings is 2. The first kappa shape index (κ1) is 16.3. The molecule has 2 aromatic rings. The topological polar surface area (TPSA) is 12.0 Å². The molecule has 1 nitrogen and oxygen atoms in total. The summed E-state index contributed by atoms with van der Waals surface area (Å²) in [5.74, 6) is -0.215. The zero-order chi connectivity index (χ0) is 15.5. The summed E-state index contributed by atoms with van der Waals surface area (Å²) in [6, 6.07) is 12.7. The molecule has 0 spiro atoms. The second-order valence-corrected chi connectivity index (χ2v) is 7.32. The van der Waals surface area contributed by atoms with Crippen molar-refractivity contribution < 1.29 is 4.39 Å². The summed E-state index contributed by atoms with van der Waals surface area (Å²) in [5, 5.41) is 4.03. The first-order valence-corrected chi connectivity index (χ1v) is 8.01. The van der Waals surface area contributed by atoms with Crippen LogP contribution in [0.2, 0.25) is 5.02 Å². The van der Waals surface area contributed by atoms with Crippen molar-refractivity contribution in [3.05, 3.63) is 58.9 Å². The van der Waals surface area contributed by atoms with Crippen molar-refractivity contribution in [3.8, 4) is 0 Å². The average Bonchev–Trinajstić information content (AvgIpc) is 2.41. The molecule has 0 aliphatic rings. The standard InChI is InChI=1S/C17H19ClFNS/c1-17(2,3)20-11-12-7-6-9-14(19)16(12)21-15-10-5-4-8-13(15)18/h4-10,20H,11H2,1-3H3. The Hall–Kier alpha value is -1.03. The van der Waals surface area contributed by atoms with Crippen LogP contribution in [0.3, 0.4) is 0 Å². The van der Waals surface area contributed by atoms with Gasteiger partial charge >= 0.3 is 0 Å². The lowest BCUT2D eigenvalue weighted by Gasteiger charge is -2.21. The van der Waals surface area contributed by atoms with Gasteiger partial charge in [-0.25, -0.2) is 4.39 Å². The molecule has 0 unspecified atom stereocenters. The van der Waals surface area contributed by atoms with Crippen LogP contribution in [0.25, 0.3) is 0 Å². The third-order valence-corrected chi connectivity index (χ3v) is 4.59. The molecule has 112 valence electrons. The van der Waals surface area contributed by atoms with E-state index in [1.807, 2.05) is 30.3 Å². The lowest BCUT2D eigenvalue weighted by atomic mass is 10.1. The first-order chi connectivity index (χ1) is 9.87. The molecular weight excluding hydrogens is 305 g/mol. The highest BCUT2D eigenvalue weighted by molar-refractivity contribution is 7.99. The average molecular weight is 324 g/mol. The van der Waals surface area contributed by atoms with E-state index < -0.39 is 0 Å². The molecule has 2 aromatic carbocycles. The van der Waals surface area contributed by atoms with Crippen molar-refractivity contribution in [1.29, 1.82) is 0 Å². The van der Waals surface area contributed by atoms with Crippen LogP contribution < -0.4 is 5.32 Å². The number of hydrogen-bond donors (Lipinski definition) is 1. The van der Waals surface area contributed by atoms with Crippen LogP contribution in [-0.4, -0.2) is 5.54 Å². The molecule has 0 atom stereocenters. The minimum Gasteiger partial charge on any atom is -0.308 e. The fraction of sp³-hybridized carbons (Fsp3) is 0.294. The van der Waals surface area contributed by atoms with Crippen LogP contribution >= 0.6 is 23.4 Å². The molecule has 0 aliphatic carbocycles. The van der Waals surface area contributed by atoms with E-state index in [1.165, 1.54) is 17.8 Å². The predicted molar refractivity (Wildman–Crippen MR) is 88.6 cm³/mol. The fourth-order valence-electron chi connectivity index (χ4n) is 1.80. The fourth-order valence-corrected chi connectivity index (χ4v) is 3.03. The minimum atomic E-state index is -0.215. The number of hydrogen-bond acceptors (Lipinski definition) is 2. The van der Waals surface area contributed by atoms with Crippen LogP contribution in [0, 0.1) is 5.82 Å². The zero-order valence-corrected chi connectivity index (χ0v) is 14.0. The first-order valence-electron chi connectivity index (χ1n) is 6.81. The Bertz CT molecular complexity index is 622. The van der Waals surface area contributed by atoms with E-state index in [2.05, 4.69) is 26.1 Å². The molecule has 0 aromatic heterocycles. The molecule has 0 saturated heterocycles. The summed E-state index contributed by atoms with van der Waals surface area (Å²) >= 11 is 7.54. The maximum Gasteiger partial charge on any atom is 0.137 e. The Morgan fingerprint density at radius 1 is 1.10 bits per heavy atom. The molecule has 0 saturated carbocycles. The van der Waals surface area contributed by atoms with E-state index in [4.69, 9.17) is 11.6 Å². The van der Waals surface area contributed by atoms with Gasteiger partial charge in [0.25, 0.3) is 0 Å². The van der Waals surface area contributed by atoms with Crippen molar-refractivity contribution in [3.63, 3.8) is 0 Å². The van der Waals surface area contributed by atoms with Crippen molar-refractivity contribution in [2.24, 2.45) is 0 Å². The maximum absolute atomic E-state index is 14.2. The van der Waals surface area contributed by atoms with Gasteiger partial charge in [0.05, 0.1) is 9.92 Å². The van der Waals surface area contributed by atoms with Gasteiger partial charge in [0, 0.05) is 17.0 Å². The molecule has 21 heavy (non-hydrogen) atoms. The van der Waals surface area contributed by atoms with E-state index in [-0.39, 0.29) is 11.4 Å². The Labute approximate surface area is 134 Å². The third-order valence-electron chi connectivity index (χ3n) is 2.91. The van der Waals surface area contributed by atoms with E-state index >= 15 is 0 Å². The van der Waals surface area contributed by atoms with Crippen LogP contribution in [0.4, 0.5) is 4.39 Å². The van der Waals surface area contributed by atoms with Gasteiger partial charge < -0.3 is 5.32 Å². The lowest BCUT2D eigenvalue weighted by molar-refractivity contribution is 0.421. The quantitative estimate of drug-likeness (QED) is 0.795. The summed E-state index contributed by atoms with van der Waals surface area (Å²) in [5.41, 5.74) is 0.924. The molecule has 0 amide bonds. The van der Waals surface area contributed by atoms with E-state index in [0.717, 1.165) is 10.5 Å². The smallest absolute Gasteiger partial charge is 0.137 e. The van der Waals surface area contributed by atoms with Crippen LogP contribution in [0.5, 0.6) is 0 Å². The van der Waals surface area contributed by atoms with Gasteiger partial charge in [0.2, 0.25) is 0 Å². The lowest BCUT2D eigenvalue weighted by Crippen LogP contribution is -2.35. The molecule has 0 heterocycles. The Kier molecular flexibility index (Phi) is 5.31. The van der Waals surface area contributed by atoms with Crippen molar-refractivity contribution >= 4 is 23.4 Å². The summed E-state index contributed by atoms with van der Waals surface area (Å²) in [7, 11) is 0. The Morgan fingerprint density at radius 3 is 2.48 bits per heavy atom. The second-order valence-electron chi connectivity index (χ2n) is 5.86. The zero-order valence-electron chi connectivity index (χ0n) is 12.4. The normalized spacial score (nSPS) is 11.7. The van der Waals surface area contributed by atoms with Crippen LogP contribution in [-0.2, 0) is 6.54 Å². The minimum absolute atomic E-state index is 0.0152. The molecule has 0 bridgehead atoms. The highest BCUT2D eigenvalue weighted by atomic mass is 35.5. The molecule has 1 N–H and O–H groups in total. The second kappa shape index (κ2) is 6.82. The van der Waals surface area contributed by atoms with Gasteiger partial charge in [-0.05, 0) is 44.5 Å². The molecule has 0 aliphatic heterocycles. The van der Waals surface area contributed by atoms with Crippen molar-refractivity contribution in [1.82, 2.24) is 5.32 Å². The van der Waals surface area contributed by atoms with Gasteiger partial charge in [-0.3, -0.25) is 0 Å². The van der Waals surface area contributed by atoms with Gasteiger partial charge in [-0.2, -0.15) is 0 Å².